The maximum Gasteiger partial charge on any atom is 0.0577 e. The predicted molar refractivity (Wildman–Crippen MR) is 111 cm³/mol. The number of hydrogen-bond donors (Lipinski definition) is 2. The van der Waals surface area contributed by atoms with Gasteiger partial charge in [0, 0.05) is 0 Å². The van der Waals surface area contributed by atoms with Crippen molar-refractivity contribution in [3.05, 3.63) is 11.6 Å². The zero-order valence-corrected chi connectivity index (χ0v) is 18.1. The van der Waals surface area contributed by atoms with E-state index in [1.807, 2.05) is 6.92 Å². The molecule has 2 nitrogen and oxygen atoms in total. The van der Waals surface area contributed by atoms with Gasteiger partial charge in [0.15, 0.2) is 0 Å². The third-order valence-electron chi connectivity index (χ3n) is 9.88. The van der Waals surface area contributed by atoms with Gasteiger partial charge in [-0.2, -0.15) is 0 Å². The molecule has 3 fully saturated rings. The minimum atomic E-state index is -0.156. The van der Waals surface area contributed by atoms with E-state index >= 15 is 0 Å². The molecule has 0 amide bonds. The molecule has 0 spiro atoms. The van der Waals surface area contributed by atoms with Crippen molar-refractivity contribution in [2.45, 2.75) is 104 Å². The number of fused-ring (bicyclic) bond motifs is 5. The van der Waals surface area contributed by atoms with Crippen molar-refractivity contribution in [1.29, 1.82) is 0 Å². The maximum atomic E-state index is 10.2. The molecule has 9 unspecified atom stereocenters. The van der Waals surface area contributed by atoms with E-state index in [4.69, 9.17) is 0 Å². The third-order valence-corrected chi connectivity index (χ3v) is 9.88. The van der Waals surface area contributed by atoms with Crippen molar-refractivity contribution >= 4 is 0 Å². The number of aliphatic hydroxyl groups is 2. The van der Waals surface area contributed by atoms with Gasteiger partial charge in [0.2, 0.25) is 0 Å². The van der Waals surface area contributed by atoms with E-state index in [1.165, 1.54) is 44.9 Å². The summed E-state index contributed by atoms with van der Waals surface area (Å²) >= 11 is 0. The third kappa shape index (κ3) is 3.23. The van der Waals surface area contributed by atoms with Crippen LogP contribution >= 0.6 is 0 Å². The highest BCUT2D eigenvalue weighted by Crippen LogP contribution is 2.67. The highest BCUT2D eigenvalue weighted by atomic mass is 16.3. The van der Waals surface area contributed by atoms with Crippen molar-refractivity contribution in [3.63, 3.8) is 0 Å². The van der Waals surface area contributed by atoms with Gasteiger partial charge in [-0.15, -0.1) is 0 Å². The van der Waals surface area contributed by atoms with Crippen molar-refractivity contribution in [3.8, 4) is 0 Å². The van der Waals surface area contributed by atoms with Crippen LogP contribution in [0.4, 0.5) is 0 Å². The Hall–Kier alpha value is -0.340. The Labute approximate surface area is 166 Å². The van der Waals surface area contributed by atoms with Gasteiger partial charge in [-0.25, -0.2) is 0 Å². The zero-order valence-electron chi connectivity index (χ0n) is 18.1. The fourth-order valence-corrected chi connectivity index (χ4v) is 8.32. The van der Waals surface area contributed by atoms with Crippen LogP contribution in [0.2, 0.25) is 0 Å². The molecule has 3 saturated carbocycles. The highest BCUT2D eigenvalue weighted by molar-refractivity contribution is 5.25. The lowest BCUT2D eigenvalue weighted by Gasteiger charge is -2.58. The lowest BCUT2D eigenvalue weighted by atomic mass is 9.47. The summed E-state index contributed by atoms with van der Waals surface area (Å²) in [6, 6.07) is 0. The predicted octanol–water partition coefficient (Wildman–Crippen LogP) is 5.72. The second kappa shape index (κ2) is 7.17. The quantitative estimate of drug-likeness (QED) is 0.618. The molecule has 0 saturated heterocycles. The summed E-state index contributed by atoms with van der Waals surface area (Å²) in [5, 5.41) is 19.9. The Morgan fingerprint density at radius 3 is 2.56 bits per heavy atom. The standard InChI is InChI=1S/C25H42O2/c1-16(5-6-17(2)26)21-9-10-22-20-8-7-18-15-19(27)11-13-24(18,3)23(20)12-14-25(21,22)4/h7,16-17,19-23,26-27H,5-6,8-15H2,1-4H3. The van der Waals surface area contributed by atoms with Crippen LogP contribution in [0.3, 0.4) is 0 Å². The lowest BCUT2D eigenvalue weighted by Crippen LogP contribution is -2.50. The molecule has 0 aromatic rings. The molecule has 154 valence electrons. The number of allylic oxidation sites excluding steroid dienone is 1. The largest absolute Gasteiger partial charge is 0.393 e. The molecule has 0 aromatic heterocycles. The van der Waals surface area contributed by atoms with Crippen LogP contribution in [-0.2, 0) is 0 Å². The van der Waals surface area contributed by atoms with Gasteiger partial charge >= 0.3 is 0 Å². The Morgan fingerprint density at radius 2 is 1.81 bits per heavy atom. The van der Waals surface area contributed by atoms with E-state index in [0.717, 1.165) is 48.9 Å². The molecule has 4 rings (SSSR count). The van der Waals surface area contributed by atoms with E-state index < -0.39 is 0 Å². The molecular weight excluding hydrogens is 332 g/mol. The minimum Gasteiger partial charge on any atom is -0.393 e. The maximum absolute atomic E-state index is 10.2. The molecule has 2 N–H and O–H groups in total. The summed E-state index contributed by atoms with van der Waals surface area (Å²) in [6.45, 7) is 9.54. The Kier molecular flexibility index (Phi) is 5.30. The summed E-state index contributed by atoms with van der Waals surface area (Å²) < 4.78 is 0. The van der Waals surface area contributed by atoms with Gasteiger partial charge < -0.3 is 10.2 Å². The second-order valence-electron chi connectivity index (χ2n) is 11.3. The summed E-state index contributed by atoms with van der Waals surface area (Å²) in [5.74, 6) is 4.17. The van der Waals surface area contributed by atoms with Crippen molar-refractivity contribution in [2.75, 3.05) is 0 Å². The first-order valence-corrected chi connectivity index (χ1v) is 11.8. The average Bonchev–Trinajstić information content (AvgIpc) is 2.97. The van der Waals surface area contributed by atoms with E-state index in [-0.39, 0.29) is 12.2 Å². The van der Waals surface area contributed by atoms with Crippen LogP contribution in [0.5, 0.6) is 0 Å². The van der Waals surface area contributed by atoms with Crippen molar-refractivity contribution in [2.24, 2.45) is 40.4 Å². The average molecular weight is 375 g/mol. The number of aliphatic hydroxyl groups excluding tert-OH is 2. The molecule has 0 bridgehead atoms. The zero-order chi connectivity index (χ0) is 19.4. The SMILES string of the molecule is CC(O)CCC(C)C1CCC2C3CC=C4CC(O)CCC4(C)C3CCC12C. The van der Waals surface area contributed by atoms with Crippen LogP contribution in [0, 0.1) is 40.4 Å². The highest BCUT2D eigenvalue weighted by Gasteiger charge is 2.59. The fourth-order valence-electron chi connectivity index (χ4n) is 8.32. The second-order valence-corrected chi connectivity index (χ2v) is 11.3. The van der Waals surface area contributed by atoms with Crippen LogP contribution in [-0.4, -0.2) is 22.4 Å². The fraction of sp³-hybridized carbons (Fsp3) is 0.920. The Bertz CT molecular complexity index is 581. The van der Waals surface area contributed by atoms with Gasteiger partial charge in [0.25, 0.3) is 0 Å². The van der Waals surface area contributed by atoms with Crippen molar-refractivity contribution < 1.29 is 10.2 Å². The van der Waals surface area contributed by atoms with Crippen LogP contribution < -0.4 is 0 Å². The van der Waals surface area contributed by atoms with Gasteiger partial charge in [0.1, 0.15) is 0 Å². The molecule has 4 aliphatic carbocycles. The smallest absolute Gasteiger partial charge is 0.0577 e. The van der Waals surface area contributed by atoms with Crippen molar-refractivity contribution in [1.82, 2.24) is 0 Å². The van der Waals surface area contributed by atoms with E-state index in [1.54, 1.807) is 5.57 Å². The Morgan fingerprint density at radius 1 is 1.04 bits per heavy atom. The minimum absolute atomic E-state index is 0.0969. The molecule has 27 heavy (non-hydrogen) atoms. The first-order chi connectivity index (χ1) is 12.8. The Balaban J connectivity index is 1.53. The van der Waals surface area contributed by atoms with E-state index in [2.05, 4.69) is 26.8 Å². The summed E-state index contributed by atoms with van der Waals surface area (Å²) in [7, 11) is 0. The first kappa shape index (κ1) is 20.0. The molecule has 4 aliphatic rings. The number of hydrogen-bond acceptors (Lipinski definition) is 2. The summed E-state index contributed by atoms with van der Waals surface area (Å²) in [6.07, 6.45) is 14.4. The normalized spacial score (nSPS) is 48.8. The molecule has 0 heterocycles. The van der Waals surface area contributed by atoms with Crippen LogP contribution in [0.25, 0.3) is 0 Å². The van der Waals surface area contributed by atoms with E-state index in [0.29, 0.717) is 10.8 Å². The van der Waals surface area contributed by atoms with Gasteiger partial charge in [0.05, 0.1) is 12.2 Å². The topological polar surface area (TPSA) is 40.5 Å². The summed E-state index contributed by atoms with van der Waals surface area (Å²) in [5.41, 5.74) is 2.46. The molecule has 9 atom stereocenters. The van der Waals surface area contributed by atoms with Crippen LogP contribution in [0.1, 0.15) is 91.9 Å². The van der Waals surface area contributed by atoms with E-state index in [9.17, 15) is 10.2 Å². The molecule has 0 aromatic carbocycles. The van der Waals surface area contributed by atoms with Gasteiger partial charge in [-0.3, -0.25) is 0 Å². The number of rotatable bonds is 4. The molecule has 0 aliphatic heterocycles. The molecule has 2 heteroatoms. The monoisotopic (exact) mass is 374 g/mol. The van der Waals surface area contributed by atoms with Crippen LogP contribution in [0.15, 0.2) is 11.6 Å². The first-order valence-electron chi connectivity index (χ1n) is 11.8. The molecule has 0 radical (unpaired) electrons. The summed E-state index contributed by atoms with van der Waals surface area (Å²) in [4.78, 5) is 0. The van der Waals surface area contributed by atoms with Gasteiger partial charge in [-0.05, 0) is 112 Å². The van der Waals surface area contributed by atoms with Gasteiger partial charge in [-0.1, -0.05) is 32.4 Å². The lowest BCUT2D eigenvalue weighted by molar-refractivity contribution is -0.0577. The molecular formula is C25H42O2.